The maximum Gasteiger partial charge on any atom is 0.328 e. The van der Waals surface area contributed by atoms with Gasteiger partial charge in [-0.15, -0.1) is 12.4 Å². The molecule has 0 radical (unpaired) electrons. The summed E-state index contributed by atoms with van der Waals surface area (Å²) in [5.41, 5.74) is 9.64. The van der Waals surface area contributed by atoms with E-state index < -0.39 is 41.2 Å². The van der Waals surface area contributed by atoms with Gasteiger partial charge in [-0.25, -0.2) is 19.2 Å². The number of benzene rings is 8. The molecule has 1 aromatic heterocycles. The molecule has 6 N–H and O–H groups in total. The van der Waals surface area contributed by atoms with Crippen LogP contribution in [0.3, 0.4) is 0 Å². The summed E-state index contributed by atoms with van der Waals surface area (Å²) < 4.78 is 18.6. The molecule has 0 spiro atoms. The van der Waals surface area contributed by atoms with Crippen LogP contribution in [0.25, 0.3) is 0 Å². The van der Waals surface area contributed by atoms with Gasteiger partial charge in [0.05, 0.1) is 25.0 Å². The fourth-order valence-electron chi connectivity index (χ4n) is 13.2. The molecule has 8 aromatic carbocycles. The summed E-state index contributed by atoms with van der Waals surface area (Å²) in [5.74, 6) is -4.85. The van der Waals surface area contributed by atoms with E-state index in [9.17, 15) is 29.4 Å². The van der Waals surface area contributed by atoms with Crippen LogP contribution in [0, 0.1) is 5.92 Å². The quantitative estimate of drug-likeness (QED) is 0.0229. The molecule has 3 heterocycles. The van der Waals surface area contributed by atoms with Crippen LogP contribution in [0.15, 0.2) is 273 Å². The lowest BCUT2D eigenvalue weighted by Gasteiger charge is -2.42. The van der Waals surface area contributed by atoms with Crippen LogP contribution >= 0.6 is 35.6 Å². The largest absolute Gasteiger partial charge is 0.478 e. The van der Waals surface area contributed by atoms with Gasteiger partial charge in [-0.05, 0) is 211 Å². The smallest absolute Gasteiger partial charge is 0.328 e. The zero-order valence-electron chi connectivity index (χ0n) is 67.6. The number of hydrogen-bond donors (Lipinski definition) is 6. The van der Waals surface area contributed by atoms with Crippen LogP contribution in [0.2, 0.25) is 10.0 Å². The van der Waals surface area contributed by atoms with Crippen LogP contribution in [-0.2, 0) is 50.0 Å². The molecule has 2 aliphatic heterocycles. The van der Waals surface area contributed by atoms with Gasteiger partial charge in [0.25, 0.3) is 0 Å². The number of piperidine rings is 1. The van der Waals surface area contributed by atoms with Gasteiger partial charge in [0.1, 0.15) is 23.4 Å². The number of rotatable bonds is 30. The van der Waals surface area contributed by atoms with E-state index in [1.54, 1.807) is 6.20 Å². The molecule has 0 saturated carbocycles. The van der Waals surface area contributed by atoms with E-state index in [0.29, 0.717) is 37.0 Å². The topological polar surface area (TPSA) is 243 Å². The predicted octanol–water partition coefficient (Wildman–Crippen LogP) is 18.2. The number of ether oxygens (including phenoxy) is 3. The fraction of sp³-hybridized carbons (Fsp3) is 0.351. The van der Waals surface area contributed by atoms with E-state index in [1.165, 1.54) is 41.6 Å². The fourth-order valence-corrected chi connectivity index (χ4v) is 13.5. The van der Waals surface area contributed by atoms with Crippen molar-refractivity contribution in [3.8, 4) is 0 Å². The highest BCUT2D eigenvalue weighted by Crippen LogP contribution is 2.43. The second-order valence-corrected chi connectivity index (χ2v) is 30.6. The second kappa shape index (κ2) is 51.0. The highest BCUT2D eigenvalue weighted by Gasteiger charge is 2.41. The number of carboxylic acids is 4. The summed E-state index contributed by atoms with van der Waals surface area (Å²) >= 11 is 12.0. The van der Waals surface area contributed by atoms with Gasteiger partial charge < -0.3 is 64.4 Å². The van der Waals surface area contributed by atoms with Crippen molar-refractivity contribution in [3.05, 3.63) is 339 Å². The number of aliphatic carboxylic acids is 4. The Bertz CT molecular complexity index is 4110. The molecule has 115 heavy (non-hydrogen) atoms. The normalized spacial score (nSPS) is 14.8. The zero-order chi connectivity index (χ0) is 82.9. The maximum absolute atomic E-state index is 12.1. The molecule has 11 rings (SSSR count). The number of likely N-dealkylation sites (N-methyl/N-ethyl adjacent to an activating group) is 2. The monoisotopic (exact) mass is 1630 g/mol. The molecule has 2 saturated heterocycles. The van der Waals surface area contributed by atoms with E-state index in [1.807, 2.05) is 123 Å². The first-order valence-corrected chi connectivity index (χ1v) is 39.4. The molecule has 0 amide bonds. The van der Waals surface area contributed by atoms with E-state index in [4.69, 9.17) is 57.8 Å². The Hall–Kier alpha value is -9.22. The minimum atomic E-state index is -1.26. The van der Waals surface area contributed by atoms with Crippen molar-refractivity contribution < 1.29 is 64.0 Å². The Morgan fingerprint density at radius 3 is 1.30 bits per heavy atom. The lowest BCUT2D eigenvalue weighted by molar-refractivity contribution is -0.134. The number of pyridine rings is 1. The van der Waals surface area contributed by atoms with Crippen LogP contribution in [0.4, 0.5) is 0 Å². The number of nitrogens with zero attached hydrogens (tertiary/aromatic N) is 5. The molecule has 2 fully saturated rings. The molecule has 18 nitrogen and oxygen atoms in total. The van der Waals surface area contributed by atoms with Crippen molar-refractivity contribution in [3.63, 3.8) is 0 Å². The van der Waals surface area contributed by atoms with Gasteiger partial charge in [-0.2, -0.15) is 0 Å². The molecule has 4 atom stereocenters. The van der Waals surface area contributed by atoms with Crippen molar-refractivity contribution >= 4 is 59.5 Å². The summed E-state index contributed by atoms with van der Waals surface area (Å²) in [6.07, 6.45) is 10.8. The average Bonchev–Trinajstić information content (AvgIpc) is 0.909. The molecular weight excluding hydrogens is 1510 g/mol. The molecule has 21 heteroatoms. The van der Waals surface area contributed by atoms with Crippen LogP contribution < -0.4 is 0 Å². The Morgan fingerprint density at radius 2 is 0.887 bits per heavy atom. The highest BCUT2D eigenvalue weighted by atomic mass is 35.5. The number of carboxylic acid groups (broad SMARTS) is 4. The second-order valence-electron chi connectivity index (χ2n) is 29.7. The van der Waals surface area contributed by atoms with Crippen molar-refractivity contribution in [1.29, 1.82) is 0 Å². The minimum Gasteiger partial charge on any atom is -0.478 e. The number of aliphatic hydroxyl groups excluding tert-OH is 1. The Kier molecular flexibility index (Phi) is 42.7. The summed E-state index contributed by atoms with van der Waals surface area (Å²) in [4.78, 5) is 51.8. The van der Waals surface area contributed by atoms with Gasteiger partial charge >= 0.3 is 23.9 Å². The lowest BCUT2D eigenvalue weighted by Crippen LogP contribution is -2.44. The van der Waals surface area contributed by atoms with E-state index in [2.05, 4.69) is 207 Å². The highest BCUT2D eigenvalue weighted by molar-refractivity contribution is 6.30. The summed E-state index contributed by atoms with van der Waals surface area (Å²) in [7, 11) is 10.4. The Morgan fingerprint density at radius 1 is 0.496 bits per heavy atom. The SMILES string of the molecule is CC(C)(C)c1ccc(C(O)CCCN2CCC(C(O)(c3ccccc3)c3ccccc3)CC2)cc1.CN(C)CCOC(c1ccc(Cl)cc1)c1ccccn1.CN(C)CCOC(c1ccccc1)c1ccccc1.CN1CCC[C@@H]1CCO[C@](C)(c1ccccc1)c1ccc(Cl)cc1.Cl.O=C(O)/C=C/C(=O)O.O=C(O)/C=C\C(=O)O. The number of aromatic nitrogens is 1. The van der Waals surface area contributed by atoms with Crippen LogP contribution in [0.5, 0.6) is 0 Å². The number of hydrogen-bond acceptors (Lipinski definition) is 14. The van der Waals surface area contributed by atoms with E-state index >= 15 is 0 Å². The molecule has 616 valence electrons. The van der Waals surface area contributed by atoms with Gasteiger partial charge in [0, 0.05) is 66.3 Å². The first kappa shape index (κ1) is 96.4. The zero-order valence-corrected chi connectivity index (χ0v) is 70.0. The third-order valence-corrected chi connectivity index (χ3v) is 20.2. The minimum absolute atomic E-state index is 0. The van der Waals surface area contributed by atoms with E-state index in [0.717, 1.165) is 122 Å². The summed E-state index contributed by atoms with van der Waals surface area (Å²) in [5, 5.41) is 55.5. The third-order valence-electron chi connectivity index (χ3n) is 19.7. The third kappa shape index (κ3) is 34.2. The van der Waals surface area contributed by atoms with Crippen molar-refractivity contribution in [2.24, 2.45) is 5.92 Å². The molecule has 2 unspecified atom stereocenters. The van der Waals surface area contributed by atoms with Gasteiger partial charge in [-0.3, -0.25) is 4.98 Å². The predicted molar refractivity (Wildman–Crippen MR) is 462 cm³/mol. The Balaban J connectivity index is 0.000000262. The van der Waals surface area contributed by atoms with Gasteiger partial charge in [0.15, 0.2) is 0 Å². The molecule has 2 aliphatic rings. The Labute approximate surface area is 696 Å². The van der Waals surface area contributed by atoms with Crippen molar-refractivity contribution in [2.75, 3.05) is 94.3 Å². The van der Waals surface area contributed by atoms with E-state index in [-0.39, 0.29) is 35.9 Å². The van der Waals surface area contributed by atoms with Crippen LogP contribution in [0.1, 0.15) is 147 Å². The average molecular weight is 1630 g/mol. The number of halogens is 3. The van der Waals surface area contributed by atoms with Crippen molar-refractivity contribution in [2.45, 2.75) is 114 Å². The molecule has 0 bridgehead atoms. The summed E-state index contributed by atoms with van der Waals surface area (Å²) in [6, 6.07) is 82.1. The lowest BCUT2D eigenvalue weighted by atomic mass is 9.72. The number of carbonyl (C=O) groups is 4. The molecular formula is C94H116Cl3N5O13. The first-order chi connectivity index (χ1) is 54.6. The van der Waals surface area contributed by atoms with Gasteiger partial charge in [-0.1, -0.05) is 250 Å². The number of likely N-dealkylation sites (tertiary alicyclic amines) is 2. The first-order valence-electron chi connectivity index (χ1n) is 38.6. The summed E-state index contributed by atoms with van der Waals surface area (Å²) in [6.45, 7) is 16.9. The van der Waals surface area contributed by atoms with Crippen LogP contribution in [-0.4, -0.2) is 179 Å². The van der Waals surface area contributed by atoms with Gasteiger partial charge in [0.2, 0.25) is 0 Å². The molecule has 9 aromatic rings. The molecule has 0 aliphatic carbocycles. The standard InChI is InChI=1S/C32H41NO2.C21H26ClNO.C17H21NO.C16H19ClN2O.2C4H4O4.ClH/c1-31(2,3)26-18-16-25(17-19-26)30(34)15-10-22-33-23-20-29(21-24-33)32(35,27-11-6-4-7-12-27)28-13-8-5-9-14-28;1-21(17-7-4-3-5-8-17,18-10-12-19(22)13-11-18)24-16-14-20-9-6-15-23(20)2;1-18(2)13-14-19-17(15-9-5-3-6-10-15)16-11-7-4-8-12-16;1-19(2)11-12-20-16(15-5-3-4-10-18-15)13-6-8-14(17)9-7-13;2*5-3(6)1-2-4(7)8;/h4-9,11-14,16-19,29-30,34-35H,10,15,20-24H2,1-3H3;3-5,7-8,10-13,20H,6,9,14-16H2,1-2H3;3-12,17H,13-14H2,1-2H3;3-10,16H,11-12H2,1-2H3;2*1-2H,(H,5,6)(H,7,8);1H/b;;;;2-1+;2-1-;/t;20-,21-;;;;;/m.1...../s1. The number of aliphatic hydroxyl groups is 2. The van der Waals surface area contributed by atoms with Crippen molar-refractivity contribution in [1.82, 2.24) is 24.6 Å². The maximum atomic E-state index is 12.1.